The number of para-hydroxylation sites is 1. The van der Waals surface area contributed by atoms with Crippen LogP contribution in [0.5, 0.6) is 5.75 Å². The van der Waals surface area contributed by atoms with E-state index in [2.05, 4.69) is 9.80 Å². The Morgan fingerprint density at radius 1 is 1.08 bits per heavy atom. The van der Waals surface area contributed by atoms with E-state index in [1.54, 1.807) is 0 Å². The molecule has 2 aliphatic heterocycles. The van der Waals surface area contributed by atoms with Gasteiger partial charge in [-0.2, -0.15) is 0 Å². The summed E-state index contributed by atoms with van der Waals surface area (Å²) in [6.45, 7) is 7.16. The van der Waals surface area contributed by atoms with Crippen LogP contribution in [0.3, 0.4) is 0 Å². The van der Waals surface area contributed by atoms with Gasteiger partial charge < -0.3 is 14.6 Å². The van der Waals surface area contributed by atoms with E-state index < -0.39 is 6.10 Å². The number of piperazine rings is 1. The van der Waals surface area contributed by atoms with Crippen LogP contribution in [-0.2, 0) is 4.74 Å². The van der Waals surface area contributed by atoms with Crippen LogP contribution in [0.2, 0.25) is 0 Å². The van der Waals surface area contributed by atoms with Gasteiger partial charge in [-0.05, 0) is 31.4 Å². The van der Waals surface area contributed by atoms with Crippen LogP contribution in [-0.4, -0.2) is 79.6 Å². The zero-order valence-corrected chi connectivity index (χ0v) is 14.5. The minimum Gasteiger partial charge on any atom is -0.491 e. The van der Waals surface area contributed by atoms with E-state index in [0.29, 0.717) is 19.3 Å². The topological polar surface area (TPSA) is 45.2 Å². The van der Waals surface area contributed by atoms with Crippen LogP contribution < -0.4 is 4.74 Å². The van der Waals surface area contributed by atoms with E-state index in [4.69, 9.17) is 9.47 Å². The van der Waals surface area contributed by atoms with E-state index in [1.165, 1.54) is 19.3 Å². The minimum atomic E-state index is -0.446. The second-order valence-corrected chi connectivity index (χ2v) is 6.87. The SMILES string of the molecule is O[C@@H](COc1ccccc1)CN1CCN(C[C@H]2CCCCO2)CC1. The van der Waals surface area contributed by atoms with Gasteiger partial charge in [0.1, 0.15) is 18.5 Å². The van der Waals surface area contributed by atoms with Crippen molar-refractivity contribution in [3.8, 4) is 5.75 Å². The maximum atomic E-state index is 10.2. The van der Waals surface area contributed by atoms with Gasteiger partial charge in [0.05, 0.1) is 6.10 Å². The van der Waals surface area contributed by atoms with Crippen molar-refractivity contribution in [3.05, 3.63) is 30.3 Å². The third kappa shape index (κ3) is 5.74. The zero-order chi connectivity index (χ0) is 16.6. The monoisotopic (exact) mass is 334 g/mol. The van der Waals surface area contributed by atoms with E-state index in [-0.39, 0.29) is 0 Å². The molecule has 0 saturated carbocycles. The van der Waals surface area contributed by atoms with Gasteiger partial charge in [-0.25, -0.2) is 0 Å². The molecule has 2 heterocycles. The summed E-state index contributed by atoms with van der Waals surface area (Å²) in [6, 6.07) is 9.67. The lowest BCUT2D eigenvalue weighted by molar-refractivity contribution is -0.0182. The highest BCUT2D eigenvalue weighted by Crippen LogP contribution is 2.15. The fourth-order valence-electron chi connectivity index (χ4n) is 3.45. The number of rotatable bonds is 7. The summed E-state index contributed by atoms with van der Waals surface area (Å²) in [5.41, 5.74) is 0. The van der Waals surface area contributed by atoms with Gasteiger partial charge in [0.2, 0.25) is 0 Å². The largest absolute Gasteiger partial charge is 0.491 e. The predicted octanol–water partition coefficient (Wildman–Crippen LogP) is 1.61. The van der Waals surface area contributed by atoms with Crippen molar-refractivity contribution < 1.29 is 14.6 Å². The Bertz CT molecular complexity index is 457. The van der Waals surface area contributed by atoms with Gasteiger partial charge in [-0.3, -0.25) is 9.80 Å². The first-order chi connectivity index (χ1) is 11.8. The maximum Gasteiger partial charge on any atom is 0.119 e. The number of ether oxygens (including phenoxy) is 2. The molecule has 1 N–H and O–H groups in total. The molecular weight excluding hydrogens is 304 g/mol. The Kier molecular flexibility index (Phi) is 6.90. The molecule has 2 aliphatic rings. The lowest BCUT2D eigenvalue weighted by Gasteiger charge is -2.37. The summed E-state index contributed by atoms with van der Waals surface area (Å²) < 4.78 is 11.5. The number of nitrogens with zero attached hydrogens (tertiary/aromatic N) is 2. The molecule has 0 spiro atoms. The highest BCUT2D eigenvalue weighted by Gasteiger charge is 2.23. The van der Waals surface area contributed by atoms with Crippen molar-refractivity contribution in [2.75, 3.05) is 52.5 Å². The number of aliphatic hydroxyl groups is 1. The molecule has 2 atom stereocenters. The summed E-state index contributed by atoms with van der Waals surface area (Å²) in [4.78, 5) is 4.83. The first-order valence-electron chi connectivity index (χ1n) is 9.22. The number of β-amino-alcohol motifs (C(OH)–C–C–N with tert-alkyl or cyclic N) is 1. The molecular formula is C19H30N2O3. The smallest absolute Gasteiger partial charge is 0.119 e. The molecule has 0 amide bonds. The number of aliphatic hydroxyl groups excluding tert-OH is 1. The van der Waals surface area contributed by atoms with Crippen molar-refractivity contribution in [1.29, 1.82) is 0 Å². The van der Waals surface area contributed by atoms with Crippen LogP contribution in [0.15, 0.2) is 30.3 Å². The Hall–Kier alpha value is -1.14. The number of hydrogen-bond acceptors (Lipinski definition) is 5. The quantitative estimate of drug-likeness (QED) is 0.821. The Labute approximate surface area is 145 Å². The molecule has 2 saturated heterocycles. The molecule has 1 aromatic carbocycles. The van der Waals surface area contributed by atoms with E-state index >= 15 is 0 Å². The van der Waals surface area contributed by atoms with Crippen LogP contribution >= 0.6 is 0 Å². The standard InChI is InChI=1S/C19H30N2O3/c22-17(16-24-18-6-2-1-3-7-18)14-20-9-11-21(12-10-20)15-19-8-4-5-13-23-19/h1-3,6-7,17,19,22H,4-5,8-16H2/t17-,19-/m1/s1. The second kappa shape index (κ2) is 9.37. The van der Waals surface area contributed by atoms with Crippen LogP contribution in [0.1, 0.15) is 19.3 Å². The average molecular weight is 334 g/mol. The summed E-state index contributed by atoms with van der Waals surface area (Å²) in [7, 11) is 0. The number of hydrogen-bond donors (Lipinski definition) is 1. The predicted molar refractivity (Wildman–Crippen MR) is 94.4 cm³/mol. The molecule has 2 fully saturated rings. The van der Waals surface area contributed by atoms with E-state index in [9.17, 15) is 5.11 Å². The zero-order valence-electron chi connectivity index (χ0n) is 14.5. The Morgan fingerprint density at radius 2 is 1.83 bits per heavy atom. The maximum absolute atomic E-state index is 10.2. The van der Waals surface area contributed by atoms with Gasteiger partial charge in [-0.15, -0.1) is 0 Å². The molecule has 1 aromatic rings. The fraction of sp³-hybridized carbons (Fsp3) is 0.684. The van der Waals surface area contributed by atoms with Crippen molar-refractivity contribution in [2.24, 2.45) is 0 Å². The molecule has 134 valence electrons. The van der Waals surface area contributed by atoms with Gasteiger partial charge in [-0.1, -0.05) is 18.2 Å². The van der Waals surface area contributed by atoms with Crippen LogP contribution in [0.25, 0.3) is 0 Å². The lowest BCUT2D eigenvalue weighted by atomic mass is 10.1. The lowest BCUT2D eigenvalue weighted by Crippen LogP contribution is -2.51. The first kappa shape index (κ1) is 17.7. The van der Waals surface area contributed by atoms with Gasteiger partial charge >= 0.3 is 0 Å². The highest BCUT2D eigenvalue weighted by atomic mass is 16.5. The molecule has 0 aromatic heterocycles. The minimum absolute atomic E-state index is 0.347. The third-order valence-corrected chi connectivity index (χ3v) is 4.86. The molecule has 5 nitrogen and oxygen atoms in total. The molecule has 24 heavy (non-hydrogen) atoms. The van der Waals surface area contributed by atoms with Gasteiger partial charge in [0.15, 0.2) is 0 Å². The van der Waals surface area contributed by atoms with E-state index in [1.807, 2.05) is 30.3 Å². The number of benzene rings is 1. The Morgan fingerprint density at radius 3 is 2.54 bits per heavy atom. The van der Waals surface area contributed by atoms with Crippen LogP contribution in [0.4, 0.5) is 0 Å². The van der Waals surface area contributed by atoms with Crippen molar-refractivity contribution in [1.82, 2.24) is 9.80 Å². The molecule has 5 heteroatoms. The summed E-state index contributed by atoms with van der Waals surface area (Å²) in [6.07, 6.45) is 3.70. The molecule has 0 unspecified atom stereocenters. The highest BCUT2D eigenvalue weighted by molar-refractivity contribution is 5.20. The van der Waals surface area contributed by atoms with Crippen molar-refractivity contribution in [2.45, 2.75) is 31.5 Å². The second-order valence-electron chi connectivity index (χ2n) is 6.87. The summed E-state index contributed by atoms with van der Waals surface area (Å²) in [5, 5.41) is 10.2. The molecule has 0 radical (unpaired) electrons. The summed E-state index contributed by atoms with van der Waals surface area (Å²) in [5.74, 6) is 0.814. The van der Waals surface area contributed by atoms with E-state index in [0.717, 1.165) is 45.1 Å². The summed E-state index contributed by atoms with van der Waals surface area (Å²) >= 11 is 0. The third-order valence-electron chi connectivity index (χ3n) is 4.86. The van der Waals surface area contributed by atoms with Gasteiger partial charge in [0.25, 0.3) is 0 Å². The van der Waals surface area contributed by atoms with Crippen molar-refractivity contribution in [3.63, 3.8) is 0 Å². The molecule has 3 rings (SSSR count). The first-order valence-corrected chi connectivity index (χ1v) is 9.22. The van der Waals surface area contributed by atoms with Gasteiger partial charge in [0, 0.05) is 45.9 Å². The average Bonchev–Trinajstić information content (AvgIpc) is 2.63. The molecule has 0 bridgehead atoms. The van der Waals surface area contributed by atoms with Crippen LogP contribution in [0, 0.1) is 0 Å². The fourth-order valence-corrected chi connectivity index (χ4v) is 3.45. The van der Waals surface area contributed by atoms with Crippen molar-refractivity contribution >= 4 is 0 Å². The molecule has 0 aliphatic carbocycles. The Balaban J connectivity index is 1.31. The normalized spacial score (nSPS) is 24.6.